The first-order chi connectivity index (χ1) is 12.5. The van der Waals surface area contributed by atoms with E-state index >= 15 is 0 Å². The first-order valence-electron chi connectivity index (χ1n) is 8.70. The number of hydrogen-bond acceptors (Lipinski definition) is 6. The summed E-state index contributed by atoms with van der Waals surface area (Å²) in [4.78, 5) is 29.7. The molecule has 1 aromatic heterocycles. The molecule has 7 nitrogen and oxygen atoms in total. The monoisotopic (exact) mass is 374 g/mol. The minimum absolute atomic E-state index is 0.118. The molecule has 0 atom stereocenters. The third kappa shape index (κ3) is 4.60. The van der Waals surface area contributed by atoms with Crippen LogP contribution in [-0.4, -0.2) is 48.0 Å². The molecule has 1 saturated heterocycles. The summed E-state index contributed by atoms with van der Waals surface area (Å²) in [6.45, 7) is 2.16. The van der Waals surface area contributed by atoms with E-state index in [-0.39, 0.29) is 18.9 Å². The zero-order chi connectivity index (χ0) is 18.5. The van der Waals surface area contributed by atoms with E-state index in [4.69, 9.17) is 11.6 Å². The Balaban J connectivity index is 1.68. The first kappa shape index (κ1) is 18.4. The highest BCUT2D eigenvalue weighted by molar-refractivity contribution is 6.31. The maximum absolute atomic E-state index is 12.2. The highest BCUT2D eigenvalue weighted by atomic mass is 35.5. The summed E-state index contributed by atoms with van der Waals surface area (Å²) in [5.41, 5.74) is 0.800. The normalized spacial score (nSPS) is 13.7. The number of nitrogens with one attached hydrogen (secondary N) is 1. The lowest BCUT2D eigenvalue weighted by Crippen LogP contribution is -2.28. The van der Waals surface area contributed by atoms with Crippen molar-refractivity contribution < 1.29 is 4.79 Å². The summed E-state index contributed by atoms with van der Waals surface area (Å²) in [6.07, 6.45) is 2.52. The molecule has 0 bridgehead atoms. The van der Waals surface area contributed by atoms with Crippen molar-refractivity contribution in [1.82, 2.24) is 20.3 Å². The van der Waals surface area contributed by atoms with Crippen molar-refractivity contribution >= 4 is 29.4 Å². The molecule has 1 amide bonds. The molecule has 1 N–H and O–H groups in total. The second-order valence-electron chi connectivity index (χ2n) is 6.49. The molecule has 1 fully saturated rings. The minimum atomic E-state index is -0.118. The maximum atomic E-state index is 12.2. The largest absolute Gasteiger partial charge is 0.349 e. The molecule has 138 valence electrons. The number of rotatable bonds is 6. The first-order valence-corrected chi connectivity index (χ1v) is 9.08. The molecule has 8 heteroatoms. The van der Waals surface area contributed by atoms with Gasteiger partial charge in [-0.25, -0.2) is 0 Å². The Bertz CT molecular complexity index is 776. The van der Waals surface area contributed by atoms with E-state index < -0.39 is 0 Å². The van der Waals surface area contributed by atoms with Gasteiger partial charge in [0.25, 0.3) is 0 Å². The van der Waals surface area contributed by atoms with Gasteiger partial charge >= 0.3 is 0 Å². The van der Waals surface area contributed by atoms with Crippen LogP contribution >= 0.6 is 11.6 Å². The van der Waals surface area contributed by atoms with Crippen molar-refractivity contribution in [3.05, 3.63) is 40.7 Å². The Kier molecular flexibility index (Phi) is 5.88. The van der Waals surface area contributed by atoms with Gasteiger partial charge < -0.3 is 15.1 Å². The highest BCUT2D eigenvalue weighted by Crippen LogP contribution is 2.18. The van der Waals surface area contributed by atoms with Gasteiger partial charge in [-0.1, -0.05) is 29.8 Å². The molecule has 3 rings (SSSR count). The van der Waals surface area contributed by atoms with Crippen LogP contribution < -0.4 is 15.1 Å². The van der Waals surface area contributed by atoms with Crippen molar-refractivity contribution in [3.63, 3.8) is 0 Å². The van der Waals surface area contributed by atoms with Crippen molar-refractivity contribution in [2.24, 2.45) is 0 Å². The molecule has 2 aromatic rings. The highest BCUT2D eigenvalue weighted by Gasteiger charge is 2.18. The van der Waals surface area contributed by atoms with E-state index in [1.807, 2.05) is 37.2 Å². The second-order valence-corrected chi connectivity index (χ2v) is 6.89. The predicted octanol–water partition coefficient (Wildman–Crippen LogP) is 2.05. The number of carbonyl (C=O) groups excluding carboxylic acids is 1. The Morgan fingerprint density at radius 2 is 1.92 bits per heavy atom. The van der Waals surface area contributed by atoms with Gasteiger partial charge in [-0.2, -0.15) is 15.0 Å². The molecule has 0 saturated carbocycles. The van der Waals surface area contributed by atoms with E-state index in [1.165, 1.54) is 0 Å². The summed E-state index contributed by atoms with van der Waals surface area (Å²) in [7, 11) is 3.78. The molecule has 1 aromatic carbocycles. The third-order valence-corrected chi connectivity index (χ3v) is 4.57. The Morgan fingerprint density at radius 1 is 1.19 bits per heavy atom. The van der Waals surface area contributed by atoms with Crippen molar-refractivity contribution in [2.75, 3.05) is 37.0 Å². The average Bonchev–Trinajstić information content (AvgIpc) is 3.16. The lowest BCUT2D eigenvalue weighted by Gasteiger charge is -2.19. The Hall–Kier alpha value is -2.41. The Morgan fingerprint density at radius 3 is 2.62 bits per heavy atom. The van der Waals surface area contributed by atoms with E-state index in [0.29, 0.717) is 22.7 Å². The average molecular weight is 375 g/mol. The van der Waals surface area contributed by atoms with Crippen LogP contribution in [0.2, 0.25) is 5.02 Å². The van der Waals surface area contributed by atoms with Crippen molar-refractivity contribution in [3.8, 4) is 0 Å². The molecule has 0 radical (unpaired) electrons. The van der Waals surface area contributed by atoms with Gasteiger partial charge in [0.05, 0.1) is 13.0 Å². The number of benzene rings is 1. The molecule has 0 spiro atoms. The van der Waals surface area contributed by atoms with Crippen LogP contribution in [0.3, 0.4) is 0 Å². The number of hydrogen-bond donors (Lipinski definition) is 1. The number of nitrogens with zero attached hydrogens (tertiary/aromatic N) is 5. The van der Waals surface area contributed by atoms with Gasteiger partial charge in [0.1, 0.15) is 0 Å². The topological polar surface area (TPSA) is 74.2 Å². The summed E-state index contributed by atoms with van der Waals surface area (Å²) in [6, 6.07) is 7.34. The molecule has 0 unspecified atom stereocenters. The molecule has 26 heavy (non-hydrogen) atoms. The SMILES string of the molecule is CN(C)c1nc(CNC(=O)Cc2ccccc2Cl)nc(N2CCCC2)n1. The predicted molar refractivity (Wildman–Crippen MR) is 103 cm³/mol. The molecular formula is C18H23ClN6O. The smallest absolute Gasteiger partial charge is 0.230 e. The zero-order valence-corrected chi connectivity index (χ0v) is 15.8. The number of amides is 1. The third-order valence-electron chi connectivity index (χ3n) is 4.20. The van der Waals surface area contributed by atoms with Crippen LogP contribution in [0.1, 0.15) is 24.2 Å². The second kappa shape index (κ2) is 8.31. The van der Waals surface area contributed by atoms with Gasteiger partial charge in [-0.3, -0.25) is 4.79 Å². The van der Waals surface area contributed by atoms with E-state index in [0.717, 1.165) is 31.5 Å². The van der Waals surface area contributed by atoms with Crippen LogP contribution in [-0.2, 0) is 17.8 Å². The lowest BCUT2D eigenvalue weighted by atomic mass is 10.1. The quantitative estimate of drug-likeness (QED) is 0.834. The van der Waals surface area contributed by atoms with E-state index in [2.05, 4.69) is 25.2 Å². The molecular weight excluding hydrogens is 352 g/mol. The number of aromatic nitrogens is 3. The number of carbonyl (C=O) groups is 1. The van der Waals surface area contributed by atoms with Gasteiger partial charge in [0.15, 0.2) is 5.82 Å². The van der Waals surface area contributed by atoms with E-state index in [9.17, 15) is 4.79 Å². The summed E-state index contributed by atoms with van der Waals surface area (Å²) in [5, 5.41) is 3.46. The molecule has 1 aliphatic rings. The van der Waals surface area contributed by atoms with Gasteiger partial charge in [-0.15, -0.1) is 0 Å². The molecule has 0 aliphatic carbocycles. The number of halogens is 1. The van der Waals surface area contributed by atoms with Gasteiger partial charge in [0, 0.05) is 32.2 Å². The van der Waals surface area contributed by atoms with Gasteiger partial charge in [0.2, 0.25) is 17.8 Å². The summed E-state index contributed by atoms with van der Waals surface area (Å²) in [5.74, 6) is 1.71. The van der Waals surface area contributed by atoms with Crippen LogP contribution in [0.15, 0.2) is 24.3 Å². The molecule has 2 heterocycles. The lowest BCUT2D eigenvalue weighted by molar-refractivity contribution is -0.120. The van der Waals surface area contributed by atoms with Crippen LogP contribution in [0.25, 0.3) is 0 Å². The van der Waals surface area contributed by atoms with Crippen LogP contribution in [0, 0.1) is 0 Å². The standard InChI is InChI=1S/C18H23ClN6O/c1-24(2)17-21-15(22-18(23-17)25-9-5-6-10-25)12-20-16(26)11-13-7-3-4-8-14(13)19/h3-4,7-8H,5-6,9-12H2,1-2H3,(H,20,26). The fraction of sp³-hybridized carbons (Fsp3) is 0.444. The zero-order valence-electron chi connectivity index (χ0n) is 15.1. The van der Waals surface area contributed by atoms with Crippen LogP contribution in [0.4, 0.5) is 11.9 Å². The summed E-state index contributed by atoms with van der Waals surface area (Å²) < 4.78 is 0. The molecule has 1 aliphatic heterocycles. The van der Waals surface area contributed by atoms with Gasteiger partial charge in [-0.05, 0) is 24.5 Å². The maximum Gasteiger partial charge on any atom is 0.230 e. The van der Waals surface area contributed by atoms with Crippen molar-refractivity contribution in [1.29, 1.82) is 0 Å². The fourth-order valence-electron chi connectivity index (χ4n) is 2.79. The minimum Gasteiger partial charge on any atom is -0.349 e. The fourth-order valence-corrected chi connectivity index (χ4v) is 2.99. The van der Waals surface area contributed by atoms with Crippen molar-refractivity contribution in [2.45, 2.75) is 25.8 Å². The Labute approximate surface area is 158 Å². The van der Waals surface area contributed by atoms with E-state index in [1.54, 1.807) is 6.07 Å². The summed E-state index contributed by atoms with van der Waals surface area (Å²) >= 11 is 6.11. The van der Waals surface area contributed by atoms with Crippen LogP contribution in [0.5, 0.6) is 0 Å². The number of anilines is 2.